The Hall–Kier alpha value is -0.610. The monoisotopic (exact) mass is 270 g/mol. The van der Waals surface area contributed by atoms with Crippen LogP contribution in [0.3, 0.4) is 0 Å². The minimum Gasteiger partial charge on any atom is -0.381 e. The summed E-state index contributed by atoms with van der Waals surface area (Å²) in [4.78, 5) is 12.0. The average Bonchev–Trinajstić information content (AvgIpc) is 2.27. The molecule has 1 saturated heterocycles. The number of carbonyl (C=O) groups excluding carboxylic acids is 1. The zero-order valence-corrected chi connectivity index (χ0v) is 12.9. The third-order valence-electron chi connectivity index (χ3n) is 3.68. The van der Waals surface area contributed by atoms with Crippen molar-refractivity contribution in [2.45, 2.75) is 65.5 Å². The van der Waals surface area contributed by atoms with E-state index in [0.717, 1.165) is 32.5 Å². The van der Waals surface area contributed by atoms with E-state index in [4.69, 9.17) is 10.5 Å². The van der Waals surface area contributed by atoms with E-state index >= 15 is 0 Å². The average molecular weight is 270 g/mol. The lowest BCUT2D eigenvalue weighted by molar-refractivity contribution is -0.122. The predicted molar refractivity (Wildman–Crippen MR) is 77.8 cm³/mol. The molecule has 2 unspecified atom stereocenters. The number of amides is 1. The number of nitrogens with one attached hydrogen (secondary N) is 1. The normalized spacial score (nSPS) is 20.9. The van der Waals surface area contributed by atoms with Crippen molar-refractivity contribution in [3.63, 3.8) is 0 Å². The molecule has 0 aliphatic carbocycles. The van der Waals surface area contributed by atoms with Gasteiger partial charge in [-0.1, -0.05) is 20.8 Å². The second-order valence-corrected chi connectivity index (χ2v) is 7.03. The molecular formula is C15H30N2O2. The van der Waals surface area contributed by atoms with Crippen LogP contribution in [0.2, 0.25) is 0 Å². The first-order chi connectivity index (χ1) is 8.78. The van der Waals surface area contributed by atoms with Crippen molar-refractivity contribution in [1.82, 2.24) is 5.32 Å². The number of nitrogens with two attached hydrogens (primary N) is 1. The van der Waals surface area contributed by atoms with Gasteiger partial charge in [0.05, 0.1) is 0 Å². The lowest BCUT2D eigenvalue weighted by Crippen LogP contribution is -2.42. The summed E-state index contributed by atoms with van der Waals surface area (Å²) >= 11 is 0. The number of rotatable bonds is 5. The van der Waals surface area contributed by atoms with Crippen molar-refractivity contribution in [3.05, 3.63) is 0 Å². The summed E-state index contributed by atoms with van der Waals surface area (Å²) in [5.74, 6) is 0.618. The van der Waals surface area contributed by atoms with Crippen molar-refractivity contribution >= 4 is 5.91 Å². The Bertz CT molecular complexity index is 280. The highest BCUT2D eigenvalue weighted by molar-refractivity contribution is 5.76. The topological polar surface area (TPSA) is 64.4 Å². The molecule has 0 saturated carbocycles. The molecule has 1 aliphatic rings. The summed E-state index contributed by atoms with van der Waals surface area (Å²) in [6, 6.07) is 0.167. The standard InChI is InChI=1S/C15H30N2O2/c1-11(12-5-7-19-8-6-12)17-14(18)9-13(16)10-15(2,3)4/h11-13H,5-10,16H2,1-4H3,(H,17,18). The van der Waals surface area contributed by atoms with Crippen molar-refractivity contribution in [1.29, 1.82) is 0 Å². The first-order valence-electron chi connectivity index (χ1n) is 7.40. The lowest BCUT2D eigenvalue weighted by Gasteiger charge is -2.29. The first kappa shape index (κ1) is 16.4. The highest BCUT2D eigenvalue weighted by Gasteiger charge is 2.23. The molecule has 0 aromatic carbocycles. The molecule has 3 N–H and O–H groups in total. The quantitative estimate of drug-likeness (QED) is 0.804. The SMILES string of the molecule is CC(NC(=O)CC(N)CC(C)(C)C)C1CCOCC1. The van der Waals surface area contributed by atoms with E-state index in [1.807, 2.05) is 0 Å². The van der Waals surface area contributed by atoms with E-state index in [9.17, 15) is 4.79 Å². The molecule has 4 heteroatoms. The molecule has 1 aliphatic heterocycles. The minimum atomic E-state index is -0.0538. The molecule has 4 nitrogen and oxygen atoms in total. The molecule has 1 heterocycles. The Morgan fingerprint density at radius 2 is 1.95 bits per heavy atom. The molecule has 0 radical (unpaired) electrons. The Labute approximate surface area is 117 Å². The maximum atomic E-state index is 12.0. The van der Waals surface area contributed by atoms with Gasteiger partial charge in [0.2, 0.25) is 5.91 Å². The zero-order valence-electron chi connectivity index (χ0n) is 12.9. The van der Waals surface area contributed by atoms with E-state index in [1.165, 1.54) is 0 Å². The predicted octanol–water partition coefficient (Wildman–Crippen LogP) is 2.07. The molecule has 0 aromatic heterocycles. The van der Waals surface area contributed by atoms with Gasteiger partial charge in [-0.05, 0) is 37.5 Å². The van der Waals surface area contributed by atoms with Crippen molar-refractivity contribution in [2.75, 3.05) is 13.2 Å². The van der Waals surface area contributed by atoms with Gasteiger partial charge in [0.1, 0.15) is 0 Å². The van der Waals surface area contributed by atoms with Crippen LogP contribution in [0.4, 0.5) is 0 Å². The molecule has 1 rings (SSSR count). The molecule has 112 valence electrons. The van der Waals surface area contributed by atoms with E-state index in [0.29, 0.717) is 12.3 Å². The summed E-state index contributed by atoms with van der Waals surface area (Å²) < 4.78 is 5.34. The molecule has 19 heavy (non-hydrogen) atoms. The molecular weight excluding hydrogens is 240 g/mol. The Kier molecular flexibility index (Phi) is 6.27. The van der Waals surface area contributed by atoms with E-state index in [1.54, 1.807) is 0 Å². The fourth-order valence-electron chi connectivity index (χ4n) is 2.74. The number of hydrogen-bond donors (Lipinski definition) is 2. The summed E-state index contributed by atoms with van der Waals surface area (Å²) in [7, 11) is 0. The largest absolute Gasteiger partial charge is 0.381 e. The van der Waals surface area contributed by atoms with Gasteiger partial charge in [-0.2, -0.15) is 0 Å². The molecule has 0 spiro atoms. The van der Waals surface area contributed by atoms with Crippen LogP contribution >= 0.6 is 0 Å². The first-order valence-corrected chi connectivity index (χ1v) is 7.40. The number of hydrogen-bond acceptors (Lipinski definition) is 3. The van der Waals surface area contributed by atoms with Gasteiger partial charge in [-0.25, -0.2) is 0 Å². The summed E-state index contributed by atoms with van der Waals surface area (Å²) in [5, 5.41) is 3.09. The molecule has 1 fully saturated rings. The van der Waals surface area contributed by atoms with Gasteiger partial charge in [-0.3, -0.25) is 4.79 Å². The van der Waals surface area contributed by atoms with Gasteiger partial charge in [0.15, 0.2) is 0 Å². The van der Waals surface area contributed by atoms with E-state index in [-0.39, 0.29) is 23.4 Å². The highest BCUT2D eigenvalue weighted by Crippen LogP contribution is 2.21. The van der Waals surface area contributed by atoms with Crippen molar-refractivity contribution in [2.24, 2.45) is 17.1 Å². The van der Waals surface area contributed by atoms with Crippen LogP contribution in [0, 0.1) is 11.3 Å². The molecule has 0 aromatic rings. The van der Waals surface area contributed by atoms with E-state index in [2.05, 4.69) is 33.0 Å². The second kappa shape index (κ2) is 7.25. The Balaban J connectivity index is 2.29. The Morgan fingerprint density at radius 3 is 2.47 bits per heavy atom. The fraction of sp³-hybridized carbons (Fsp3) is 0.933. The van der Waals surface area contributed by atoms with Crippen LogP contribution in [-0.4, -0.2) is 31.2 Å². The van der Waals surface area contributed by atoms with Crippen molar-refractivity contribution in [3.8, 4) is 0 Å². The molecule has 1 amide bonds. The third-order valence-corrected chi connectivity index (χ3v) is 3.68. The van der Waals surface area contributed by atoms with Gasteiger partial charge < -0.3 is 15.8 Å². The summed E-state index contributed by atoms with van der Waals surface area (Å²) in [6.07, 6.45) is 3.36. The summed E-state index contributed by atoms with van der Waals surface area (Å²) in [6.45, 7) is 10.2. The smallest absolute Gasteiger partial charge is 0.221 e. The Morgan fingerprint density at radius 1 is 1.37 bits per heavy atom. The van der Waals surface area contributed by atoms with Gasteiger partial charge >= 0.3 is 0 Å². The van der Waals surface area contributed by atoms with Crippen molar-refractivity contribution < 1.29 is 9.53 Å². The molecule has 0 bridgehead atoms. The van der Waals surface area contributed by atoms with Crippen LogP contribution in [0.25, 0.3) is 0 Å². The van der Waals surface area contributed by atoms with Gasteiger partial charge in [-0.15, -0.1) is 0 Å². The van der Waals surface area contributed by atoms with Crippen LogP contribution in [0.15, 0.2) is 0 Å². The lowest BCUT2D eigenvalue weighted by atomic mass is 9.87. The van der Waals surface area contributed by atoms with E-state index < -0.39 is 0 Å². The van der Waals surface area contributed by atoms with Crippen LogP contribution in [0.5, 0.6) is 0 Å². The second-order valence-electron chi connectivity index (χ2n) is 7.03. The summed E-state index contributed by atoms with van der Waals surface area (Å²) in [5.41, 5.74) is 6.21. The number of carbonyl (C=O) groups is 1. The highest BCUT2D eigenvalue weighted by atomic mass is 16.5. The van der Waals surface area contributed by atoms with Crippen LogP contribution in [-0.2, 0) is 9.53 Å². The van der Waals surface area contributed by atoms with Crippen LogP contribution < -0.4 is 11.1 Å². The van der Waals surface area contributed by atoms with Crippen LogP contribution in [0.1, 0.15) is 53.4 Å². The molecule has 2 atom stereocenters. The van der Waals surface area contributed by atoms with Gasteiger partial charge in [0.25, 0.3) is 0 Å². The maximum Gasteiger partial charge on any atom is 0.221 e. The fourth-order valence-corrected chi connectivity index (χ4v) is 2.74. The minimum absolute atomic E-state index is 0.0538. The maximum absolute atomic E-state index is 12.0. The zero-order chi connectivity index (χ0) is 14.5. The third kappa shape index (κ3) is 6.92. The number of ether oxygens (including phenoxy) is 1. The van der Waals surface area contributed by atoms with Gasteiger partial charge in [0, 0.05) is 31.7 Å².